The highest BCUT2D eigenvalue weighted by atomic mass is 35.5. The van der Waals surface area contributed by atoms with Gasteiger partial charge >= 0.3 is 0 Å². The van der Waals surface area contributed by atoms with Crippen molar-refractivity contribution >= 4 is 92.8 Å². The number of rotatable bonds is 8. The topological polar surface area (TPSA) is 90.2 Å². The highest BCUT2D eigenvalue weighted by Crippen LogP contribution is 2.52. The van der Waals surface area contributed by atoms with Gasteiger partial charge in [-0.25, -0.2) is 0 Å². The molecule has 0 saturated heterocycles. The summed E-state index contributed by atoms with van der Waals surface area (Å²) in [6, 6.07) is 0. The standard InChI is InChI=1S/C18H14Cl8O5/c19-9-7(1-5(29)3-27)10(20)14(24)17(13(9)23)31-18-15(25)11(21)8(2-6(30)4-28)12(22)16(18)26/h5-6,27-30H,1-4H2/t5-,6-/m0/s1. The zero-order chi connectivity index (χ0) is 23.6. The van der Waals surface area contributed by atoms with Crippen molar-refractivity contribution in [1.82, 2.24) is 0 Å². The summed E-state index contributed by atoms with van der Waals surface area (Å²) in [5.74, 6) is -0.390. The molecule has 2 aromatic carbocycles. The third-order valence-electron chi connectivity index (χ3n) is 4.13. The largest absolute Gasteiger partial charge is 0.451 e. The summed E-state index contributed by atoms with van der Waals surface area (Å²) in [4.78, 5) is 0. The lowest BCUT2D eigenvalue weighted by Gasteiger charge is -2.20. The van der Waals surface area contributed by atoms with E-state index in [1.807, 2.05) is 0 Å². The quantitative estimate of drug-likeness (QED) is 0.263. The van der Waals surface area contributed by atoms with E-state index in [1.54, 1.807) is 0 Å². The molecule has 0 aromatic heterocycles. The van der Waals surface area contributed by atoms with E-state index in [0.29, 0.717) is 0 Å². The summed E-state index contributed by atoms with van der Waals surface area (Å²) in [7, 11) is 0. The third kappa shape index (κ3) is 5.91. The van der Waals surface area contributed by atoms with Gasteiger partial charge in [0.05, 0.1) is 45.5 Å². The van der Waals surface area contributed by atoms with Crippen LogP contribution in [0, 0.1) is 0 Å². The van der Waals surface area contributed by atoms with Crippen LogP contribution in [0.25, 0.3) is 0 Å². The van der Waals surface area contributed by atoms with E-state index >= 15 is 0 Å². The SMILES string of the molecule is OC[C@@H](O)Cc1c(Cl)c(Cl)c(Oc2c(Cl)c(Cl)c(C[C@H](O)CO)c(Cl)c2Cl)c(Cl)c1Cl. The van der Waals surface area contributed by atoms with E-state index in [2.05, 4.69) is 0 Å². The number of benzene rings is 2. The summed E-state index contributed by atoms with van der Waals surface area (Å²) in [6.07, 6.45) is -2.52. The Morgan fingerprint density at radius 2 is 0.774 bits per heavy atom. The Bertz CT molecular complexity index is 849. The summed E-state index contributed by atoms with van der Waals surface area (Å²) < 4.78 is 5.71. The molecule has 4 N–H and O–H groups in total. The van der Waals surface area contributed by atoms with Crippen molar-refractivity contribution < 1.29 is 25.2 Å². The lowest BCUT2D eigenvalue weighted by Crippen LogP contribution is -2.16. The Hall–Kier alpha value is 0.400. The maximum atomic E-state index is 9.70. The molecule has 0 amide bonds. The number of aliphatic hydroxyl groups excluding tert-OH is 4. The minimum Gasteiger partial charge on any atom is -0.451 e. The Balaban J connectivity index is 2.59. The van der Waals surface area contributed by atoms with E-state index in [-0.39, 0.29) is 75.6 Å². The molecule has 2 aromatic rings. The minimum atomic E-state index is -1.14. The van der Waals surface area contributed by atoms with Gasteiger partial charge in [-0.3, -0.25) is 0 Å². The molecule has 0 aliphatic rings. The summed E-state index contributed by atoms with van der Waals surface area (Å²) in [5.41, 5.74) is 0.405. The Morgan fingerprint density at radius 3 is 1.00 bits per heavy atom. The molecule has 2 rings (SSSR count). The van der Waals surface area contributed by atoms with Gasteiger partial charge in [0, 0.05) is 12.8 Å². The number of halogens is 8. The van der Waals surface area contributed by atoms with Crippen molar-refractivity contribution in [3.8, 4) is 11.5 Å². The number of hydrogen-bond donors (Lipinski definition) is 4. The van der Waals surface area contributed by atoms with Gasteiger partial charge in [-0.05, 0) is 11.1 Å². The van der Waals surface area contributed by atoms with E-state index in [0.717, 1.165) is 0 Å². The number of ether oxygens (including phenoxy) is 1. The highest BCUT2D eigenvalue weighted by Gasteiger charge is 2.28. The molecule has 0 radical (unpaired) electrons. The second kappa shape index (κ2) is 11.7. The molecule has 0 unspecified atom stereocenters. The zero-order valence-electron chi connectivity index (χ0n) is 15.2. The second-order valence-electron chi connectivity index (χ2n) is 6.31. The van der Waals surface area contributed by atoms with E-state index < -0.39 is 25.4 Å². The fourth-order valence-corrected chi connectivity index (χ4v) is 4.77. The van der Waals surface area contributed by atoms with Gasteiger partial charge < -0.3 is 25.2 Å². The highest BCUT2D eigenvalue weighted by molar-refractivity contribution is 6.51. The first-order valence-electron chi connectivity index (χ1n) is 8.41. The van der Waals surface area contributed by atoms with Crippen LogP contribution in [0.3, 0.4) is 0 Å². The molecule has 2 atom stereocenters. The van der Waals surface area contributed by atoms with Gasteiger partial charge in [0.15, 0.2) is 11.5 Å². The Morgan fingerprint density at radius 1 is 0.516 bits per heavy atom. The van der Waals surface area contributed by atoms with E-state index in [9.17, 15) is 10.2 Å². The average Bonchev–Trinajstić information content (AvgIpc) is 2.76. The molecule has 0 bridgehead atoms. The van der Waals surface area contributed by atoms with Crippen molar-refractivity contribution in [1.29, 1.82) is 0 Å². The minimum absolute atomic E-state index is 0.0642. The van der Waals surface area contributed by atoms with Crippen molar-refractivity contribution in [3.63, 3.8) is 0 Å². The fraction of sp³-hybridized carbons (Fsp3) is 0.333. The fourth-order valence-electron chi connectivity index (χ4n) is 2.55. The first-order chi connectivity index (χ1) is 14.5. The predicted octanol–water partition coefficient (Wildman–Crippen LogP) is 6.50. The summed E-state index contributed by atoms with van der Waals surface area (Å²) in [6.45, 7) is -1.06. The molecule has 5 nitrogen and oxygen atoms in total. The van der Waals surface area contributed by atoms with Crippen LogP contribution < -0.4 is 4.74 Å². The molecule has 172 valence electrons. The zero-order valence-corrected chi connectivity index (χ0v) is 21.3. The molecule has 31 heavy (non-hydrogen) atoms. The number of aliphatic hydroxyl groups is 4. The van der Waals surface area contributed by atoms with Gasteiger partial charge in [-0.2, -0.15) is 0 Å². The molecule has 0 heterocycles. The first-order valence-corrected chi connectivity index (χ1v) is 11.4. The smallest absolute Gasteiger partial charge is 0.167 e. The van der Waals surface area contributed by atoms with Gasteiger partial charge in [0.1, 0.15) is 20.1 Å². The second-order valence-corrected chi connectivity index (χ2v) is 9.33. The van der Waals surface area contributed by atoms with Crippen LogP contribution in [0.4, 0.5) is 0 Å². The molecule has 0 spiro atoms. The lowest BCUT2D eigenvalue weighted by molar-refractivity contribution is 0.0955. The van der Waals surface area contributed by atoms with Crippen molar-refractivity contribution in [3.05, 3.63) is 51.3 Å². The van der Waals surface area contributed by atoms with E-state index in [1.165, 1.54) is 0 Å². The monoisotopic (exact) mass is 590 g/mol. The molecule has 0 aliphatic carbocycles. The molecule has 13 heteroatoms. The first kappa shape index (κ1) is 27.6. The molecule has 0 aliphatic heterocycles. The van der Waals surface area contributed by atoms with Crippen molar-refractivity contribution in [2.45, 2.75) is 25.0 Å². The Kier molecular flexibility index (Phi) is 10.4. The van der Waals surface area contributed by atoms with Crippen molar-refractivity contribution in [2.24, 2.45) is 0 Å². The van der Waals surface area contributed by atoms with Gasteiger partial charge in [0.2, 0.25) is 0 Å². The normalized spacial score (nSPS) is 13.4. The van der Waals surface area contributed by atoms with Gasteiger partial charge in [0.25, 0.3) is 0 Å². The number of hydrogen-bond acceptors (Lipinski definition) is 5. The maximum absolute atomic E-state index is 9.70. The molecular formula is C18H14Cl8O5. The average molecular weight is 594 g/mol. The van der Waals surface area contributed by atoms with E-state index in [4.69, 9.17) is 108 Å². The van der Waals surface area contributed by atoms with Gasteiger partial charge in [-0.1, -0.05) is 92.8 Å². The van der Waals surface area contributed by atoms with Crippen LogP contribution in [-0.2, 0) is 12.8 Å². The molecule has 0 fully saturated rings. The lowest BCUT2D eigenvalue weighted by atomic mass is 10.1. The third-order valence-corrected chi connectivity index (χ3v) is 7.63. The molecular weight excluding hydrogens is 580 g/mol. The van der Waals surface area contributed by atoms with Gasteiger partial charge in [-0.15, -0.1) is 0 Å². The van der Waals surface area contributed by atoms with Crippen LogP contribution in [0.1, 0.15) is 11.1 Å². The maximum Gasteiger partial charge on any atom is 0.167 e. The predicted molar refractivity (Wildman–Crippen MR) is 127 cm³/mol. The van der Waals surface area contributed by atoms with Crippen LogP contribution in [0.5, 0.6) is 11.5 Å². The van der Waals surface area contributed by atoms with Crippen LogP contribution in [0.2, 0.25) is 40.2 Å². The molecule has 0 saturated carbocycles. The Labute approximate surface area is 217 Å². The van der Waals surface area contributed by atoms with Crippen LogP contribution >= 0.6 is 92.8 Å². The van der Waals surface area contributed by atoms with Crippen LogP contribution in [-0.4, -0.2) is 45.8 Å². The van der Waals surface area contributed by atoms with Crippen LogP contribution in [0.15, 0.2) is 0 Å². The van der Waals surface area contributed by atoms with Crippen molar-refractivity contribution in [2.75, 3.05) is 13.2 Å². The summed E-state index contributed by atoms with van der Waals surface area (Å²) in [5, 5.41) is 36.6. The summed E-state index contributed by atoms with van der Waals surface area (Å²) >= 11 is 50.3.